The number of hydrogen-bond donors (Lipinski definition) is 2. The molecule has 0 spiro atoms. The van der Waals surface area contributed by atoms with E-state index in [1.807, 2.05) is 0 Å². The first-order valence-electron chi connectivity index (χ1n) is 9.45. The summed E-state index contributed by atoms with van der Waals surface area (Å²) in [6, 6.07) is 8.91. The molecule has 1 aliphatic heterocycles. The first-order valence-corrected chi connectivity index (χ1v) is 9.45. The molecule has 2 aromatic carbocycles. The Labute approximate surface area is 186 Å². The zero-order valence-electron chi connectivity index (χ0n) is 17.8. The highest BCUT2D eigenvalue weighted by Crippen LogP contribution is 2.39. The van der Waals surface area contributed by atoms with Gasteiger partial charge in [-0.3, -0.25) is 19.8 Å². The minimum absolute atomic E-state index is 0.00977. The van der Waals surface area contributed by atoms with Gasteiger partial charge in [0.05, 0.1) is 27.9 Å². The number of urea groups is 1. The number of carbonyl (C=O) groups excluding carboxylic acids is 3. The molecule has 176 valence electrons. The number of hydrogen-bond acceptors (Lipinski definition) is 6. The van der Waals surface area contributed by atoms with Gasteiger partial charge in [-0.05, 0) is 17.7 Å². The quantitative estimate of drug-likeness (QED) is 0.606. The van der Waals surface area contributed by atoms with E-state index in [-0.39, 0.29) is 22.8 Å². The van der Waals surface area contributed by atoms with Crippen molar-refractivity contribution in [1.82, 2.24) is 15.5 Å². The lowest BCUT2D eigenvalue weighted by atomic mass is 10.1. The van der Waals surface area contributed by atoms with Crippen LogP contribution in [0.25, 0.3) is 0 Å². The largest absolute Gasteiger partial charge is 0.493 e. The van der Waals surface area contributed by atoms with E-state index >= 15 is 0 Å². The zero-order valence-corrected chi connectivity index (χ0v) is 17.8. The number of ether oxygens (including phenoxy) is 3. The Balaban J connectivity index is 1.97. The van der Waals surface area contributed by atoms with E-state index in [1.54, 1.807) is 41.0 Å². The van der Waals surface area contributed by atoms with Crippen molar-refractivity contribution in [3.05, 3.63) is 53.6 Å². The summed E-state index contributed by atoms with van der Waals surface area (Å²) in [5.41, 5.74) is -3.55. The molecule has 1 heterocycles. The van der Waals surface area contributed by atoms with Crippen LogP contribution in [0.2, 0.25) is 0 Å². The van der Waals surface area contributed by atoms with Crippen LogP contribution in [0.3, 0.4) is 0 Å². The van der Waals surface area contributed by atoms with Crippen molar-refractivity contribution in [3.63, 3.8) is 0 Å². The molecule has 1 unspecified atom stereocenters. The Hall–Kier alpha value is -3.96. The highest BCUT2D eigenvalue weighted by molar-refractivity contribution is 6.10. The lowest BCUT2D eigenvalue weighted by Gasteiger charge is -2.30. The first-order chi connectivity index (χ1) is 15.6. The van der Waals surface area contributed by atoms with Crippen LogP contribution < -0.4 is 24.8 Å². The van der Waals surface area contributed by atoms with Crippen LogP contribution in [-0.2, 0) is 11.3 Å². The van der Waals surface area contributed by atoms with Gasteiger partial charge in [-0.2, -0.15) is 13.2 Å². The predicted molar refractivity (Wildman–Crippen MR) is 108 cm³/mol. The molecule has 4 amide bonds. The molecular formula is C21H20F3N3O6. The van der Waals surface area contributed by atoms with Gasteiger partial charge in [0.1, 0.15) is 0 Å². The second kappa shape index (κ2) is 8.88. The van der Waals surface area contributed by atoms with Gasteiger partial charge in [-0.1, -0.05) is 30.3 Å². The molecule has 1 atom stereocenters. The highest BCUT2D eigenvalue weighted by Gasteiger charge is 2.68. The van der Waals surface area contributed by atoms with Crippen LogP contribution in [-0.4, -0.2) is 55.9 Å². The molecule has 33 heavy (non-hydrogen) atoms. The maximum Gasteiger partial charge on any atom is 0.440 e. The number of methoxy groups -OCH3 is 3. The van der Waals surface area contributed by atoms with Gasteiger partial charge in [-0.25, -0.2) is 4.79 Å². The fourth-order valence-corrected chi connectivity index (χ4v) is 3.29. The van der Waals surface area contributed by atoms with Gasteiger partial charge in [0.25, 0.3) is 17.5 Å². The number of benzene rings is 2. The molecule has 3 rings (SSSR count). The van der Waals surface area contributed by atoms with E-state index in [0.29, 0.717) is 10.5 Å². The Morgan fingerprint density at radius 1 is 1.03 bits per heavy atom. The average Bonchev–Trinajstić information content (AvgIpc) is 3.03. The molecule has 0 radical (unpaired) electrons. The van der Waals surface area contributed by atoms with Crippen molar-refractivity contribution in [3.8, 4) is 17.2 Å². The summed E-state index contributed by atoms with van der Waals surface area (Å²) < 4.78 is 57.6. The molecule has 9 nitrogen and oxygen atoms in total. The van der Waals surface area contributed by atoms with E-state index in [2.05, 4.69) is 0 Å². The van der Waals surface area contributed by atoms with Gasteiger partial charge in [0, 0.05) is 5.56 Å². The van der Waals surface area contributed by atoms with E-state index in [1.165, 1.54) is 21.3 Å². The Morgan fingerprint density at radius 2 is 1.61 bits per heavy atom. The number of nitrogens with one attached hydrogen (secondary N) is 2. The molecule has 0 bridgehead atoms. The number of nitrogens with zero attached hydrogens (tertiary/aromatic N) is 1. The van der Waals surface area contributed by atoms with Crippen LogP contribution in [0.15, 0.2) is 42.5 Å². The van der Waals surface area contributed by atoms with Gasteiger partial charge in [-0.15, -0.1) is 0 Å². The number of amides is 4. The fourth-order valence-electron chi connectivity index (χ4n) is 3.29. The van der Waals surface area contributed by atoms with Crippen LogP contribution >= 0.6 is 0 Å². The van der Waals surface area contributed by atoms with Gasteiger partial charge < -0.3 is 19.5 Å². The molecule has 2 N–H and O–H groups in total. The highest BCUT2D eigenvalue weighted by atomic mass is 19.4. The molecule has 1 fully saturated rings. The smallest absolute Gasteiger partial charge is 0.440 e. The second-order valence-corrected chi connectivity index (χ2v) is 6.92. The Kier molecular flexibility index (Phi) is 6.38. The molecule has 1 aliphatic rings. The normalized spacial score (nSPS) is 18.1. The minimum Gasteiger partial charge on any atom is -0.493 e. The monoisotopic (exact) mass is 467 g/mol. The van der Waals surface area contributed by atoms with Crippen molar-refractivity contribution in [2.75, 3.05) is 21.3 Å². The molecule has 0 aromatic heterocycles. The van der Waals surface area contributed by atoms with Gasteiger partial charge in [0.2, 0.25) is 5.75 Å². The SMILES string of the molecule is COc1cc(C(=O)NC2(C(F)(F)F)NC(=O)N(Cc3ccccc3)C2=O)cc(OC)c1OC. The predicted octanol–water partition coefficient (Wildman–Crippen LogP) is 2.45. The average molecular weight is 467 g/mol. The van der Waals surface area contributed by atoms with Gasteiger partial charge >= 0.3 is 12.2 Å². The van der Waals surface area contributed by atoms with Crippen molar-refractivity contribution < 1.29 is 41.8 Å². The Bertz CT molecular complexity index is 1050. The summed E-state index contributed by atoms with van der Waals surface area (Å²) in [5, 5.41) is 3.25. The van der Waals surface area contributed by atoms with Crippen LogP contribution in [0.4, 0.5) is 18.0 Å². The van der Waals surface area contributed by atoms with Crippen molar-refractivity contribution >= 4 is 17.8 Å². The fraction of sp³-hybridized carbons (Fsp3) is 0.286. The maximum absolute atomic E-state index is 14.1. The molecular weight excluding hydrogens is 447 g/mol. The third-order valence-electron chi connectivity index (χ3n) is 4.94. The van der Waals surface area contributed by atoms with E-state index in [0.717, 1.165) is 12.1 Å². The standard InChI is InChI=1S/C21H20F3N3O6/c1-31-14-9-13(10-15(32-2)16(14)33-3)17(28)25-20(21(22,23)24)18(29)27(19(30)26-20)11-12-7-5-4-6-8-12/h4-10H,11H2,1-3H3,(H,25,28)(H,26,30). The number of imide groups is 1. The third-order valence-corrected chi connectivity index (χ3v) is 4.94. The topological polar surface area (TPSA) is 106 Å². The van der Waals surface area contributed by atoms with E-state index in [9.17, 15) is 27.6 Å². The molecule has 0 saturated carbocycles. The summed E-state index contributed by atoms with van der Waals surface area (Å²) in [7, 11) is 3.84. The lowest BCUT2D eigenvalue weighted by Crippen LogP contribution is -2.69. The number of halogens is 3. The van der Waals surface area contributed by atoms with Crippen LogP contribution in [0, 0.1) is 0 Å². The molecule has 12 heteroatoms. The summed E-state index contributed by atoms with van der Waals surface area (Å²) >= 11 is 0. The lowest BCUT2D eigenvalue weighted by molar-refractivity contribution is -0.200. The van der Waals surface area contributed by atoms with E-state index in [4.69, 9.17) is 14.2 Å². The summed E-state index contributed by atoms with van der Waals surface area (Å²) in [6.07, 6.45) is -5.35. The van der Waals surface area contributed by atoms with Crippen molar-refractivity contribution in [2.45, 2.75) is 18.4 Å². The van der Waals surface area contributed by atoms with Crippen LogP contribution in [0.1, 0.15) is 15.9 Å². The summed E-state index contributed by atoms with van der Waals surface area (Å²) in [4.78, 5) is 38.4. The molecule has 2 aromatic rings. The van der Waals surface area contributed by atoms with Crippen molar-refractivity contribution in [1.29, 1.82) is 0 Å². The summed E-state index contributed by atoms with van der Waals surface area (Å²) in [5.74, 6) is -2.83. The molecule has 0 aliphatic carbocycles. The van der Waals surface area contributed by atoms with Crippen molar-refractivity contribution in [2.24, 2.45) is 0 Å². The molecule has 1 saturated heterocycles. The second-order valence-electron chi connectivity index (χ2n) is 6.92. The minimum atomic E-state index is -5.35. The summed E-state index contributed by atoms with van der Waals surface area (Å²) in [6.45, 7) is -0.413. The number of rotatable bonds is 7. The number of carbonyl (C=O) groups is 3. The van der Waals surface area contributed by atoms with Gasteiger partial charge in [0.15, 0.2) is 11.5 Å². The van der Waals surface area contributed by atoms with E-state index < -0.39 is 36.2 Å². The Morgan fingerprint density at radius 3 is 2.09 bits per heavy atom. The zero-order chi connectivity index (χ0) is 24.4. The maximum atomic E-state index is 14.1. The third kappa shape index (κ3) is 4.23. The first kappa shape index (κ1) is 23.7. The van der Waals surface area contributed by atoms with Crippen LogP contribution in [0.5, 0.6) is 17.2 Å². The number of alkyl halides is 3.